The molecule has 0 saturated carbocycles. The third kappa shape index (κ3) is 4.01. The number of alkyl halides is 3. The quantitative estimate of drug-likeness (QED) is 0.872. The van der Waals surface area contributed by atoms with E-state index in [9.17, 15) is 18.0 Å². The lowest BCUT2D eigenvalue weighted by Crippen LogP contribution is -2.45. The lowest BCUT2D eigenvalue weighted by Gasteiger charge is -2.34. The number of hydrogen-bond donors (Lipinski definition) is 1. The third-order valence-electron chi connectivity index (χ3n) is 3.92. The van der Waals surface area contributed by atoms with Gasteiger partial charge in [0.1, 0.15) is 0 Å². The van der Waals surface area contributed by atoms with Gasteiger partial charge in [-0.3, -0.25) is 4.79 Å². The van der Waals surface area contributed by atoms with E-state index in [-0.39, 0.29) is 11.5 Å². The maximum atomic E-state index is 13.5. The van der Waals surface area contributed by atoms with Crippen LogP contribution in [0.3, 0.4) is 0 Å². The second-order valence-corrected chi connectivity index (χ2v) is 6.38. The standard InChI is InChI=1S/C15H18BrF3N2O/c1-21(14(22)11-6-8-20-9-7-11)13(15(17,18)19)10-2-4-12(16)5-3-10/h2-5,11,13,20H,6-9H2,1H3/t13-/m0/s1. The maximum absolute atomic E-state index is 13.5. The number of nitrogens with one attached hydrogen (secondary N) is 1. The Morgan fingerprint density at radius 3 is 2.32 bits per heavy atom. The lowest BCUT2D eigenvalue weighted by atomic mass is 9.95. The zero-order valence-electron chi connectivity index (χ0n) is 12.2. The molecule has 0 radical (unpaired) electrons. The van der Waals surface area contributed by atoms with Crippen molar-refractivity contribution in [1.82, 2.24) is 10.2 Å². The molecule has 1 amide bonds. The van der Waals surface area contributed by atoms with Crippen molar-refractivity contribution < 1.29 is 18.0 Å². The van der Waals surface area contributed by atoms with Gasteiger partial charge in [0.25, 0.3) is 0 Å². The number of benzene rings is 1. The van der Waals surface area contributed by atoms with Gasteiger partial charge in [-0.15, -0.1) is 0 Å². The van der Waals surface area contributed by atoms with E-state index < -0.39 is 18.1 Å². The summed E-state index contributed by atoms with van der Waals surface area (Å²) in [4.78, 5) is 13.3. The minimum atomic E-state index is -4.51. The maximum Gasteiger partial charge on any atom is 0.413 e. The van der Waals surface area contributed by atoms with Crippen LogP contribution < -0.4 is 5.32 Å². The highest BCUT2D eigenvalue weighted by Crippen LogP contribution is 2.38. The number of carbonyl (C=O) groups is 1. The Labute approximate surface area is 136 Å². The Bertz CT molecular complexity index is 513. The Hall–Kier alpha value is -1.08. The molecule has 0 aliphatic carbocycles. The van der Waals surface area contributed by atoms with Crippen LogP contribution >= 0.6 is 15.9 Å². The zero-order chi connectivity index (χ0) is 16.3. The Balaban J connectivity index is 2.24. The Kier molecular flexibility index (Phi) is 5.50. The van der Waals surface area contributed by atoms with E-state index in [4.69, 9.17) is 0 Å². The average molecular weight is 379 g/mol. The molecular weight excluding hydrogens is 361 g/mol. The number of rotatable bonds is 3. The lowest BCUT2D eigenvalue weighted by molar-refractivity contribution is -0.190. The van der Waals surface area contributed by atoms with Gasteiger partial charge in [-0.05, 0) is 43.6 Å². The molecule has 1 saturated heterocycles. The summed E-state index contributed by atoms with van der Waals surface area (Å²) in [6.07, 6.45) is -3.35. The first-order valence-corrected chi connectivity index (χ1v) is 7.89. The highest BCUT2D eigenvalue weighted by Gasteiger charge is 2.46. The SMILES string of the molecule is CN(C(=O)C1CCNCC1)[C@@H](c1ccc(Br)cc1)C(F)(F)F. The van der Waals surface area contributed by atoms with Crippen molar-refractivity contribution in [3.8, 4) is 0 Å². The van der Waals surface area contributed by atoms with Gasteiger partial charge >= 0.3 is 6.18 Å². The normalized spacial score (nSPS) is 18.0. The van der Waals surface area contributed by atoms with Crippen molar-refractivity contribution in [2.24, 2.45) is 5.92 Å². The van der Waals surface area contributed by atoms with Crippen LogP contribution in [0, 0.1) is 5.92 Å². The van der Waals surface area contributed by atoms with Crippen molar-refractivity contribution in [1.29, 1.82) is 0 Å². The number of carbonyl (C=O) groups excluding carboxylic acids is 1. The molecule has 0 aromatic heterocycles. The summed E-state index contributed by atoms with van der Waals surface area (Å²) in [6.45, 7) is 1.33. The van der Waals surface area contributed by atoms with E-state index in [2.05, 4.69) is 21.2 Å². The minimum absolute atomic E-state index is 0.0699. The van der Waals surface area contributed by atoms with Crippen molar-refractivity contribution in [2.45, 2.75) is 25.1 Å². The monoisotopic (exact) mass is 378 g/mol. The fourth-order valence-electron chi connectivity index (χ4n) is 2.76. The molecule has 1 fully saturated rings. The first-order valence-electron chi connectivity index (χ1n) is 7.10. The molecule has 7 heteroatoms. The van der Waals surface area contributed by atoms with E-state index in [0.717, 1.165) is 4.90 Å². The smallest absolute Gasteiger partial charge is 0.330 e. The summed E-state index contributed by atoms with van der Waals surface area (Å²) in [5.41, 5.74) is 0.0699. The summed E-state index contributed by atoms with van der Waals surface area (Å²) >= 11 is 3.20. The molecule has 1 aromatic carbocycles. The van der Waals surface area contributed by atoms with Gasteiger partial charge < -0.3 is 10.2 Å². The topological polar surface area (TPSA) is 32.3 Å². The van der Waals surface area contributed by atoms with Gasteiger partial charge in [-0.25, -0.2) is 0 Å². The fraction of sp³-hybridized carbons (Fsp3) is 0.533. The number of nitrogens with zero attached hydrogens (tertiary/aromatic N) is 1. The van der Waals surface area contributed by atoms with E-state index in [1.54, 1.807) is 12.1 Å². The molecule has 1 atom stereocenters. The minimum Gasteiger partial charge on any atom is -0.330 e. The highest BCUT2D eigenvalue weighted by molar-refractivity contribution is 9.10. The van der Waals surface area contributed by atoms with Crippen molar-refractivity contribution >= 4 is 21.8 Å². The molecule has 1 aromatic rings. The van der Waals surface area contributed by atoms with E-state index >= 15 is 0 Å². The van der Waals surface area contributed by atoms with Gasteiger partial charge in [-0.2, -0.15) is 13.2 Å². The largest absolute Gasteiger partial charge is 0.413 e. The van der Waals surface area contributed by atoms with Crippen LogP contribution in [-0.4, -0.2) is 37.1 Å². The summed E-state index contributed by atoms with van der Waals surface area (Å²) in [7, 11) is 1.24. The van der Waals surface area contributed by atoms with Gasteiger partial charge in [0.05, 0.1) is 0 Å². The van der Waals surface area contributed by atoms with Crippen LogP contribution in [0.2, 0.25) is 0 Å². The predicted octanol–water partition coefficient (Wildman–Crippen LogP) is 3.51. The summed E-state index contributed by atoms with van der Waals surface area (Å²) in [6, 6.07) is 3.99. The van der Waals surface area contributed by atoms with Crippen LogP contribution in [0.1, 0.15) is 24.4 Å². The van der Waals surface area contributed by atoms with E-state index in [0.29, 0.717) is 30.4 Å². The van der Waals surface area contributed by atoms with Crippen LogP contribution in [0.15, 0.2) is 28.7 Å². The summed E-state index contributed by atoms with van der Waals surface area (Å²) in [5.74, 6) is -0.779. The number of piperidine rings is 1. The van der Waals surface area contributed by atoms with Crippen LogP contribution in [0.4, 0.5) is 13.2 Å². The van der Waals surface area contributed by atoms with Crippen LogP contribution in [0.25, 0.3) is 0 Å². The van der Waals surface area contributed by atoms with Gasteiger partial charge in [0, 0.05) is 17.4 Å². The molecule has 22 heavy (non-hydrogen) atoms. The van der Waals surface area contributed by atoms with Gasteiger partial charge in [0.15, 0.2) is 6.04 Å². The molecule has 0 unspecified atom stereocenters. The molecule has 3 nitrogen and oxygen atoms in total. The molecular formula is C15H18BrF3N2O. The Morgan fingerprint density at radius 2 is 1.82 bits per heavy atom. The van der Waals surface area contributed by atoms with Crippen molar-refractivity contribution in [3.63, 3.8) is 0 Å². The van der Waals surface area contributed by atoms with Crippen LogP contribution in [-0.2, 0) is 4.79 Å². The first kappa shape index (κ1) is 17.3. The second-order valence-electron chi connectivity index (χ2n) is 5.47. The number of hydrogen-bond acceptors (Lipinski definition) is 2. The van der Waals surface area contributed by atoms with Crippen molar-refractivity contribution in [3.05, 3.63) is 34.3 Å². The number of halogens is 4. The molecule has 1 aliphatic heterocycles. The molecule has 1 N–H and O–H groups in total. The third-order valence-corrected chi connectivity index (χ3v) is 4.45. The van der Waals surface area contributed by atoms with Gasteiger partial charge in [0.2, 0.25) is 5.91 Å². The Morgan fingerprint density at radius 1 is 1.27 bits per heavy atom. The molecule has 2 rings (SSSR count). The molecule has 122 valence electrons. The fourth-order valence-corrected chi connectivity index (χ4v) is 3.03. The second kappa shape index (κ2) is 7.00. The molecule has 0 bridgehead atoms. The summed E-state index contributed by atoms with van der Waals surface area (Å²) < 4.78 is 41.1. The van der Waals surface area contributed by atoms with Crippen LogP contribution in [0.5, 0.6) is 0 Å². The van der Waals surface area contributed by atoms with Crippen molar-refractivity contribution in [2.75, 3.05) is 20.1 Å². The highest BCUT2D eigenvalue weighted by atomic mass is 79.9. The molecule has 1 aliphatic rings. The number of amides is 1. The van der Waals surface area contributed by atoms with E-state index in [1.807, 2.05) is 0 Å². The average Bonchev–Trinajstić information content (AvgIpc) is 2.48. The van der Waals surface area contributed by atoms with Gasteiger partial charge in [-0.1, -0.05) is 28.1 Å². The predicted molar refractivity (Wildman–Crippen MR) is 81.3 cm³/mol. The first-order chi connectivity index (χ1) is 10.3. The molecule has 0 spiro atoms. The molecule has 1 heterocycles. The van der Waals surface area contributed by atoms with E-state index in [1.165, 1.54) is 19.2 Å². The summed E-state index contributed by atoms with van der Waals surface area (Å²) in [5, 5.41) is 3.11. The zero-order valence-corrected chi connectivity index (χ0v) is 13.7.